The molecule has 38 heavy (non-hydrogen) atoms. The van der Waals surface area contributed by atoms with Crippen molar-refractivity contribution in [3.8, 4) is 5.75 Å². The number of rotatable bonds is 9. The van der Waals surface area contributed by atoms with Gasteiger partial charge < -0.3 is 19.7 Å². The monoisotopic (exact) mass is 556 g/mol. The zero-order valence-corrected chi connectivity index (χ0v) is 22.6. The van der Waals surface area contributed by atoms with Crippen LogP contribution < -0.4 is 20.3 Å². The summed E-state index contributed by atoms with van der Waals surface area (Å²) < 4.78 is 10.7. The molecule has 1 aromatic heterocycles. The number of pyridine rings is 1. The Hall–Kier alpha value is -3.49. The van der Waals surface area contributed by atoms with Gasteiger partial charge in [0.25, 0.3) is 5.91 Å². The number of aromatic nitrogens is 1. The SMILES string of the molecule is COC(=O)Nc1ccc(C(=O)NCC2CCN(c3ccncc3)CC2)cc1OCCc1ccc(Cl)cc1Cl. The molecule has 1 aliphatic rings. The van der Waals surface area contributed by atoms with E-state index in [0.717, 1.165) is 31.5 Å². The smallest absolute Gasteiger partial charge is 0.411 e. The Labute approximate surface area is 232 Å². The quantitative estimate of drug-likeness (QED) is 0.344. The van der Waals surface area contributed by atoms with Crippen LogP contribution >= 0.6 is 23.2 Å². The Morgan fingerprint density at radius 1 is 1.05 bits per heavy atom. The molecule has 0 saturated carbocycles. The molecule has 200 valence electrons. The van der Waals surface area contributed by atoms with Gasteiger partial charge in [-0.3, -0.25) is 15.1 Å². The number of benzene rings is 2. The lowest BCUT2D eigenvalue weighted by atomic mass is 9.96. The molecule has 2 aromatic carbocycles. The van der Waals surface area contributed by atoms with E-state index < -0.39 is 6.09 Å². The van der Waals surface area contributed by atoms with E-state index in [1.165, 1.54) is 12.8 Å². The number of amides is 2. The van der Waals surface area contributed by atoms with Gasteiger partial charge in [0.2, 0.25) is 0 Å². The van der Waals surface area contributed by atoms with Gasteiger partial charge in [0, 0.05) is 59.7 Å². The van der Waals surface area contributed by atoms with Crippen LogP contribution in [-0.4, -0.2) is 50.3 Å². The van der Waals surface area contributed by atoms with Crippen LogP contribution in [0.4, 0.5) is 16.2 Å². The van der Waals surface area contributed by atoms with E-state index in [2.05, 4.69) is 20.5 Å². The highest BCUT2D eigenvalue weighted by molar-refractivity contribution is 6.35. The lowest BCUT2D eigenvalue weighted by Crippen LogP contribution is -2.38. The maximum absolute atomic E-state index is 13.0. The molecule has 4 rings (SSSR count). The van der Waals surface area contributed by atoms with Crippen LogP contribution in [0.25, 0.3) is 0 Å². The summed E-state index contributed by atoms with van der Waals surface area (Å²) in [5, 5.41) is 6.78. The summed E-state index contributed by atoms with van der Waals surface area (Å²) in [4.78, 5) is 31.2. The first-order valence-corrected chi connectivity index (χ1v) is 13.2. The molecule has 0 bridgehead atoms. The fourth-order valence-corrected chi connectivity index (χ4v) is 4.83. The van der Waals surface area contributed by atoms with Crippen LogP contribution in [0.1, 0.15) is 28.8 Å². The van der Waals surface area contributed by atoms with Crippen molar-refractivity contribution >= 4 is 46.6 Å². The summed E-state index contributed by atoms with van der Waals surface area (Å²) >= 11 is 12.2. The molecular weight excluding hydrogens is 527 g/mol. The summed E-state index contributed by atoms with van der Waals surface area (Å²) in [6, 6.07) is 14.2. The highest BCUT2D eigenvalue weighted by Crippen LogP contribution is 2.28. The van der Waals surface area contributed by atoms with Gasteiger partial charge in [-0.2, -0.15) is 0 Å². The van der Waals surface area contributed by atoms with Crippen LogP contribution in [-0.2, 0) is 11.2 Å². The van der Waals surface area contributed by atoms with Crippen molar-refractivity contribution in [2.75, 3.05) is 43.6 Å². The average Bonchev–Trinajstić information content (AvgIpc) is 2.94. The van der Waals surface area contributed by atoms with E-state index in [9.17, 15) is 9.59 Å². The Balaban J connectivity index is 1.35. The number of nitrogens with one attached hydrogen (secondary N) is 2. The lowest BCUT2D eigenvalue weighted by molar-refractivity contribution is 0.0944. The highest BCUT2D eigenvalue weighted by atomic mass is 35.5. The van der Waals surface area contributed by atoms with Crippen molar-refractivity contribution < 1.29 is 19.1 Å². The second kappa shape index (κ2) is 13.3. The number of carbonyl (C=O) groups excluding carboxylic acids is 2. The Bertz CT molecular complexity index is 1250. The fourth-order valence-electron chi connectivity index (χ4n) is 4.33. The Kier molecular flexibility index (Phi) is 9.67. The number of ether oxygens (including phenoxy) is 2. The maximum atomic E-state index is 13.0. The second-order valence-corrected chi connectivity index (χ2v) is 9.85. The van der Waals surface area contributed by atoms with E-state index in [4.69, 9.17) is 32.7 Å². The molecule has 1 aliphatic heterocycles. The first kappa shape index (κ1) is 27.5. The van der Waals surface area contributed by atoms with Gasteiger partial charge >= 0.3 is 6.09 Å². The van der Waals surface area contributed by atoms with Crippen molar-refractivity contribution in [2.24, 2.45) is 5.92 Å². The zero-order chi connectivity index (χ0) is 26.9. The minimum Gasteiger partial charge on any atom is -0.491 e. The third kappa shape index (κ3) is 7.52. The van der Waals surface area contributed by atoms with E-state index in [1.807, 2.05) is 18.2 Å². The molecule has 10 heteroatoms. The van der Waals surface area contributed by atoms with Gasteiger partial charge in [0.1, 0.15) is 5.75 Å². The average molecular weight is 557 g/mol. The van der Waals surface area contributed by atoms with E-state index in [1.54, 1.807) is 42.7 Å². The molecule has 0 aliphatic carbocycles. The van der Waals surface area contributed by atoms with Crippen LogP contribution in [0.2, 0.25) is 10.0 Å². The zero-order valence-electron chi connectivity index (χ0n) is 21.1. The minimum absolute atomic E-state index is 0.197. The molecule has 2 heterocycles. The number of hydrogen-bond donors (Lipinski definition) is 2. The highest BCUT2D eigenvalue weighted by Gasteiger charge is 2.21. The molecule has 1 saturated heterocycles. The summed E-state index contributed by atoms with van der Waals surface area (Å²) in [5.41, 5.74) is 2.89. The second-order valence-electron chi connectivity index (χ2n) is 9.01. The molecule has 2 amide bonds. The van der Waals surface area contributed by atoms with Crippen molar-refractivity contribution in [3.05, 3.63) is 82.1 Å². The van der Waals surface area contributed by atoms with Crippen LogP contribution in [0.3, 0.4) is 0 Å². The van der Waals surface area contributed by atoms with Gasteiger partial charge in [0.05, 0.1) is 19.4 Å². The normalized spacial score (nSPS) is 13.6. The Morgan fingerprint density at radius 3 is 2.53 bits per heavy atom. The van der Waals surface area contributed by atoms with Crippen molar-refractivity contribution in [3.63, 3.8) is 0 Å². The molecule has 0 atom stereocenters. The van der Waals surface area contributed by atoms with Crippen LogP contribution in [0.15, 0.2) is 60.9 Å². The van der Waals surface area contributed by atoms with Crippen LogP contribution in [0.5, 0.6) is 5.75 Å². The minimum atomic E-state index is -0.633. The first-order chi connectivity index (χ1) is 18.4. The van der Waals surface area contributed by atoms with Gasteiger partial charge in [0.15, 0.2) is 0 Å². The number of anilines is 2. The first-order valence-electron chi connectivity index (χ1n) is 12.4. The molecule has 3 aromatic rings. The molecular formula is C28H30Cl2N4O4. The number of methoxy groups -OCH3 is 1. The summed E-state index contributed by atoms with van der Waals surface area (Å²) in [6.45, 7) is 2.75. The molecule has 1 fully saturated rings. The predicted octanol–water partition coefficient (Wildman–Crippen LogP) is 5.83. The molecule has 0 unspecified atom stereocenters. The van der Waals surface area contributed by atoms with E-state index >= 15 is 0 Å². The van der Waals surface area contributed by atoms with Gasteiger partial charge in [-0.1, -0.05) is 29.3 Å². The van der Waals surface area contributed by atoms with Crippen LogP contribution in [0, 0.1) is 5.92 Å². The fraction of sp³-hybridized carbons (Fsp3) is 0.321. The number of nitrogens with zero attached hydrogens (tertiary/aromatic N) is 2. The summed E-state index contributed by atoms with van der Waals surface area (Å²) in [7, 11) is 1.28. The number of carbonyl (C=O) groups is 2. The molecule has 0 radical (unpaired) electrons. The lowest BCUT2D eigenvalue weighted by Gasteiger charge is -2.33. The third-order valence-corrected chi connectivity index (χ3v) is 7.09. The number of hydrogen-bond acceptors (Lipinski definition) is 6. The largest absolute Gasteiger partial charge is 0.491 e. The van der Waals surface area contributed by atoms with Crippen molar-refractivity contribution in [2.45, 2.75) is 19.3 Å². The topological polar surface area (TPSA) is 92.8 Å². The van der Waals surface area contributed by atoms with E-state index in [-0.39, 0.29) is 12.5 Å². The summed E-state index contributed by atoms with van der Waals surface area (Å²) in [6.07, 6.45) is 5.48. The molecule has 0 spiro atoms. The Morgan fingerprint density at radius 2 is 1.82 bits per heavy atom. The van der Waals surface area contributed by atoms with Crippen molar-refractivity contribution in [1.82, 2.24) is 10.3 Å². The third-order valence-electron chi connectivity index (χ3n) is 6.50. The standard InChI is InChI=1S/C28H30Cl2N4O4/c1-37-28(36)33-25-5-3-21(16-26(25)38-15-10-20-2-4-22(29)17-24(20)30)27(35)32-18-19-8-13-34(14-9-19)23-6-11-31-12-7-23/h2-7,11-12,16-17,19H,8-10,13-15,18H2,1H3,(H,32,35)(H,33,36). The van der Waals surface area contributed by atoms with E-state index in [0.29, 0.717) is 45.9 Å². The number of halogens is 2. The predicted molar refractivity (Wildman–Crippen MR) is 150 cm³/mol. The van der Waals surface area contributed by atoms with Gasteiger partial charge in [-0.15, -0.1) is 0 Å². The summed E-state index contributed by atoms with van der Waals surface area (Å²) in [5.74, 6) is 0.563. The van der Waals surface area contributed by atoms with Crippen molar-refractivity contribution in [1.29, 1.82) is 0 Å². The van der Waals surface area contributed by atoms with Gasteiger partial charge in [-0.05, 0) is 66.8 Å². The molecule has 2 N–H and O–H groups in total. The number of piperidine rings is 1. The maximum Gasteiger partial charge on any atom is 0.411 e. The molecule has 8 nitrogen and oxygen atoms in total. The van der Waals surface area contributed by atoms with Gasteiger partial charge in [-0.25, -0.2) is 4.79 Å².